The summed E-state index contributed by atoms with van der Waals surface area (Å²) < 4.78 is 11.9. The van der Waals surface area contributed by atoms with Crippen molar-refractivity contribution >= 4 is 61.4 Å². The van der Waals surface area contributed by atoms with E-state index in [4.69, 9.17) is 4.74 Å². The second kappa shape index (κ2) is 9.61. The third-order valence-electron chi connectivity index (χ3n) is 5.49. The van der Waals surface area contributed by atoms with E-state index in [9.17, 15) is 14.7 Å². The number of aromatic nitrogens is 1. The number of nitrogens with zero attached hydrogens (tertiary/aromatic N) is 1. The van der Waals surface area contributed by atoms with Crippen molar-refractivity contribution in [2.45, 2.75) is 20.0 Å². The molecule has 0 bridgehead atoms. The molecule has 0 aliphatic carbocycles. The average molecular weight is 521 g/mol. The van der Waals surface area contributed by atoms with Gasteiger partial charge in [-0.2, -0.15) is 4.37 Å². The van der Waals surface area contributed by atoms with Gasteiger partial charge in [-0.1, -0.05) is 54.6 Å². The van der Waals surface area contributed by atoms with E-state index in [0.717, 1.165) is 41.5 Å². The third kappa shape index (κ3) is 4.84. The van der Waals surface area contributed by atoms with E-state index in [0.29, 0.717) is 10.6 Å². The molecule has 0 saturated heterocycles. The number of aromatic carboxylic acids is 1. The maximum absolute atomic E-state index is 12.6. The van der Waals surface area contributed by atoms with E-state index in [1.807, 2.05) is 74.5 Å². The Labute approximate surface area is 213 Å². The van der Waals surface area contributed by atoms with Crippen LogP contribution in [0.15, 0.2) is 66.7 Å². The van der Waals surface area contributed by atoms with E-state index in [2.05, 4.69) is 9.69 Å². The largest absolute Gasteiger partial charge is 0.477 e. The van der Waals surface area contributed by atoms with E-state index in [-0.39, 0.29) is 6.10 Å². The number of carboxylic acids is 1. The van der Waals surface area contributed by atoms with Gasteiger partial charge in [-0.15, -0.1) is 22.7 Å². The van der Waals surface area contributed by atoms with Gasteiger partial charge in [0.15, 0.2) is 0 Å². The molecule has 1 amide bonds. The van der Waals surface area contributed by atoms with Gasteiger partial charge in [-0.25, -0.2) is 9.59 Å². The van der Waals surface area contributed by atoms with Gasteiger partial charge in [0.05, 0.1) is 16.3 Å². The number of fused-ring (bicyclic) bond motifs is 1. The van der Waals surface area contributed by atoms with Crippen LogP contribution < -0.4 is 5.32 Å². The number of carbonyl (C=O) groups is 2. The molecule has 0 aliphatic rings. The molecule has 3 aromatic heterocycles. The van der Waals surface area contributed by atoms with Crippen molar-refractivity contribution in [2.75, 3.05) is 5.32 Å². The van der Waals surface area contributed by atoms with Crippen LogP contribution in [0.2, 0.25) is 0 Å². The maximum Gasteiger partial charge on any atom is 0.412 e. The van der Waals surface area contributed by atoms with Gasteiger partial charge in [0.25, 0.3) is 0 Å². The number of hydrogen-bond donors (Lipinski definition) is 2. The number of carbonyl (C=O) groups excluding carboxylic acids is 1. The summed E-state index contributed by atoms with van der Waals surface area (Å²) in [7, 11) is 0. The Morgan fingerprint density at radius 3 is 2.34 bits per heavy atom. The first kappa shape index (κ1) is 23.2. The molecule has 176 valence electrons. The minimum absolute atomic E-state index is 0.352. The maximum atomic E-state index is 12.6. The molecular weight excluding hydrogens is 500 g/mol. The van der Waals surface area contributed by atoms with E-state index in [1.54, 1.807) is 17.4 Å². The molecule has 5 aromatic rings. The molecule has 0 aliphatic heterocycles. The number of nitrogens with one attached hydrogen (secondary N) is 1. The lowest BCUT2D eigenvalue weighted by molar-refractivity contribution is 0.0702. The Kier molecular flexibility index (Phi) is 6.38. The fourth-order valence-corrected chi connectivity index (χ4v) is 6.76. The van der Waals surface area contributed by atoms with Crippen LogP contribution in [0.4, 0.5) is 10.5 Å². The Morgan fingerprint density at radius 2 is 1.66 bits per heavy atom. The second-order valence-corrected chi connectivity index (χ2v) is 10.8. The van der Waals surface area contributed by atoms with Crippen LogP contribution in [-0.4, -0.2) is 21.5 Å². The first-order valence-electron chi connectivity index (χ1n) is 10.8. The molecule has 1 unspecified atom stereocenters. The van der Waals surface area contributed by atoms with Gasteiger partial charge in [0.2, 0.25) is 0 Å². The monoisotopic (exact) mass is 520 g/mol. The quantitative estimate of drug-likeness (QED) is 0.236. The highest BCUT2D eigenvalue weighted by Crippen LogP contribution is 2.40. The standard InChI is InChI=1S/C26H20N2O4S3/c1-14-23(27-26(31)32-15(2)16-6-4-3-5-7-16)24(35-28-14)18-10-8-17(9-11-18)19-12-20-21(33-19)13-22(34-20)25(29)30/h3-13,15H,1-2H3,(H,27,31)(H,29,30). The number of benzene rings is 2. The number of aryl methyl sites for hydroxylation is 1. The number of thiophene rings is 2. The van der Waals surface area contributed by atoms with Gasteiger partial charge in [-0.3, -0.25) is 5.32 Å². The normalized spacial score (nSPS) is 11.9. The molecule has 0 fully saturated rings. The number of amides is 1. The Morgan fingerprint density at radius 1 is 0.971 bits per heavy atom. The number of ether oxygens (including phenoxy) is 1. The Balaban J connectivity index is 1.33. The fraction of sp³-hybridized carbons (Fsp3) is 0.115. The fourth-order valence-electron chi connectivity index (χ4n) is 3.67. The van der Waals surface area contributed by atoms with Crippen molar-refractivity contribution < 1.29 is 19.4 Å². The molecule has 35 heavy (non-hydrogen) atoms. The van der Waals surface area contributed by atoms with Crippen LogP contribution in [0, 0.1) is 6.92 Å². The van der Waals surface area contributed by atoms with Gasteiger partial charge in [0, 0.05) is 14.3 Å². The molecule has 0 saturated carbocycles. The number of carboxylic acid groups (broad SMARTS) is 1. The highest BCUT2D eigenvalue weighted by atomic mass is 32.1. The zero-order valence-corrected chi connectivity index (χ0v) is 21.2. The molecule has 3 heterocycles. The van der Waals surface area contributed by atoms with Crippen molar-refractivity contribution in [3.63, 3.8) is 0 Å². The summed E-state index contributed by atoms with van der Waals surface area (Å²) in [6.07, 6.45) is -0.903. The van der Waals surface area contributed by atoms with Crippen molar-refractivity contribution in [1.29, 1.82) is 0 Å². The van der Waals surface area contributed by atoms with Crippen LogP contribution in [-0.2, 0) is 4.74 Å². The summed E-state index contributed by atoms with van der Waals surface area (Å²) >= 11 is 4.19. The van der Waals surface area contributed by atoms with Crippen LogP contribution in [0.1, 0.15) is 34.0 Å². The van der Waals surface area contributed by atoms with Crippen molar-refractivity contribution in [2.24, 2.45) is 0 Å². The van der Waals surface area contributed by atoms with Gasteiger partial charge < -0.3 is 9.84 Å². The van der Waals surface area contributed by atoms with E-state index >= 15 is 0 Å². The van der Waals surface area contributed by atoms with Crippen LogP contribution in [0.5, 0.6) is 0 Å². The van der Waals surface area contributed by atoms with Crippen molar-refractivity contribution in [3.8, 4) is 20.9 Å². The number of rotatable bonds is 6. The molecule has 2 aromatic carbocycles. The molecule has 0 spiro atoms. The number of anilines is 1. The molecule has 0 radical (unpaired) electrons. The summed E-state index contributed by atoms with van der Waals surface area (Å²) in [6, 6.07) is 21.4. The minimum Gasteiger partial charge on any atom is -0.477 e. The zero-order chi connectivity index (χ0) is 24.5. The predicted molar refractivity (Wildman–Crippen MR) is 143 cm³/mol. The average Bonchev–Trinajstić information content (AvgIpc) is 3.54. The molecule has 5 rings (SSSR count). The van der Waals surface area contributed by atoms with E-state index in [1.165, 1.54) is 22.9 Å². The SMILES string of the molecule is Cc1nsc(-c2ccc(-c3cc4sc(C(=O)O)cc4s3)cc2)c1NC(=O)OC(C)c1ccccc1. The summed E-state index contributed by atoms with van der Waals surface area (Å²) in [5.41, 5.74) is 4.28. The molecule has 1 atom stereocenters. The van der Waals surface area contributed by atoms with Crippen LogP contribution in [0.3, 0.4) is 0 Å². The molecule has 9 heteroatoms. The Hall–Kier alpha value is -3.53. The van der Waals surface area contributed by atoms with Crippen LogP contribution >= 0.6 is 34.2 Å². The van der Waals surface area contributed by atoms with Crippen LogP contribution in [0.25, 0.3) is 30.3 Å². The minimum atomic E-state index is -0.896. The third-order valence-corrected chi connectivity index (χ3v) is 8.81. The Bertz CT molecular complexity index is 1490. The zero-order valence-electron chi connectivity index (χ0n) is 18.8. The van der Waals surface area contributed by atoms with Gasteiger partial charge in [0.1, 0.15) is 11.0 Å². The lowest BCUT2D eigenvalue weighted by Crippen LogP contribution is -2.16. The van der Waals surface area contributed by atoms with Gasteiger partial charge in [-0.05, 0) is 54.2 Å². The highest BCUT2D eigenvalue weighted by molar-refractivity contribution is 7.30. The molecule has 6 nitrogen and oxygen atoms in total. The lowest BCUT2D eigenvalue weighted by Gasteiger charge is -2.14. The summed E-state index contributed by atoms with van der Waals surface area (Å²) in [5.74, 6) is -0.896. The summed E-state index contributed by atoms with van der Waals surface area (Å²) in [4.78, 5) is 26.1. The van der Waals surface area contributed by atoms with Crippen molar-refractivity contribution in [3.05, 3.63) is 82.9 Å². The van der Waals surface area contributed by atoms with Crippen molar-refractivity contribution in [1.82, 2.24) is 4.37 Å². The predicted octanol–water partition coefficient (Wildman–Crippen LogP) is 8.07. The van der Waals surface area contributed by atoms with E-state index < -0.39 is 12.1 Å². The first-order chi connectivity index (χ1) is 16.9. The second-order valence-electron chi connectivity index (χ2n) is 7.89. The topological polar surface area (TPSA) is 88.5 Å². The summed E-state index contributed by atoms with van der Waals surface area (Å²) in [5, 5.41) is 12.1. The molecule has 2 N–H and O–H groups in total. The highest BCUT2D eigenvalue weighted by Gasteiger charge is 2.19. The summed E-state index contributed by atoms with van der Waals surface area (Å²) in [6.45, 7) is 3.69. The van der Waals surface area contributed by atoms with Gasteiger partial charge >= 0.3 is 12.1 Å². The lowest BCUT2D eigenvalue weighted by atomic mass is 10.1. The first-order valence-corrected chi connectivity index (χ1v) is 13.2. The smallest absolute Gasteiger partial charge is 0.412 e. The number of hydrogen-bond acceptors (Lipinski definition) is 7. The molecular formula is C26H20N2O4S3.